The van der Waals surface area contributed by atoms with Crippen LogP contribution in [0.25, 0.3) is 0 Å². The van der Waals surface area contributed by atoms with Gasteiger partial charge in [-0.05, 0) is 43.4 Å². The van der Waals surface area contributed by atoms with E-state index in [-0.39, 0.29) is 25.7 Å². The Labute approximate surface area is 511 Å². The third-order valence-corrected chi connectivity index (χ3v) is 16.8. The molecule has 0 aliphatic heterocycles. The Kier molecular flexibility index (Phi) is 55.0. The molecule has 3 N–H and O–H groups in total. The molecular formula is C65H126O17P2. The molecule has 2 unspecified atom stereocenters. The van der Waals surface area contributed by atoms with Crippen molar-refractivity contribution in [2.75, 3.05) is 39.6 Å². The summed E-state index contributed by atoms with van der Waals surface area (Å²) in [7, 11) is -9.89. The first-order chi connectivity index (χ1) is 40.2. The average Bonchev–Trinajstić information content (AvgIpc) is 3.57. The lowest BCUT2D eigenvalue weighted by atomic mass is 10.0. The number of phosphoric acid groups is 2. The average molecular weight is 1240 g/mol. The number of rotatable bonds is 63. The molecule has 0 aliphatic rings. The van der Waals surface area contributed by atoms with Crippen LogP contribution >= 0.6 is 15.6 Å². The van der Waals surface area contributed by atoms with Gasteiger partial charge in [0, 0.05) is 25.7 Å². The normalized spacial score (nSPS) is 14.3. The van der Waals surface area contributed by atoms with Crippen molar-refractivity contribution in [3.8, 4) is 0 Å². The fraction of sp³-hybridized carbons (Fsp3) is 0.938. The van der Waals surface area contributed by atoms with Crippen molar-refractivity contribution in [1.82, 2.24) is 0 Å². The van der Waals surface area contributed by atoms with Gasteiger partial charge in [-0.15, -0.1) is 0 Å². The highest BCUT2D eigenvalue weighted by Gasteiger charge is 2.30. The van der Waals surface area contributed by atoms with Gasteiger partial charge in [0.05, 0.1) is 26.4 Å². The van der Waals surface area contributed by atoms with Gasteiger partial charge in [0.25, 0.3) is 0 Å². The van der Waals surface area contributed by atoms with E-state index in [2.05, 4.69) is 48.5 Å². The highest BCUT2D eigenvalue weighted by molar-refractivity contribution is 7.47. The molecule has 0 fully saturated rings. The molecule has 0 spiro atoms. The van der Waals surface area contributed by atoms with E-state index in [0.29, 0.717) is 37.5 Å². The van der Waals surface area contributed by atoms with Crippen molar-refractivity contribution in [1.29, 1.82) is 0 Å². The number of carbonyl (C=O) groups excluding carboxylic acids is 4. The Balaban J connectivity index is 5.21. The third-order valence-electron chi connectivity index (χ3n) is 14.9. The van der Waals surface area contributed by atoms with Crippen LogP contribution < -0.4 is 0 Å². The molecule has 84 heavy (non-hydrogen) atoms. The van der Waals surface area contributed by atoms with Crippen molar-refractivity contribution in [3.63, 3.8) is 0 Å². The molecule has 0 saturated carbocycles. The van der Waals surface area contributed by atoms with Crippen LogP contribution in [0.5, 0.6) is 0 Å². The van der Waals surface area contributed by atoms with E-state index in [4.69, 9.17) is 37.0 Å². The minimum absolute atomic E-state index is 0.101. The number of phosphoric ester groups is 2. The zero-order valence-electron chi connectivity index (χ0n) is 54.4. The summed E-state index contributed by atoms with van der Waals surface area (Å²) >= 11 is 0. The van der Waals surface area contributed by atoms with Gasteiger partial charge in [0.1, 0.15) is 19.3 Å². The lowest BCUT2D eigenvalue weighted by Crippen LogP contribution is -2.30. The lowest BCUT2D eigenvalue weighted by Gasteiger charge is -2.21. The fourth-order valence-electron chi connectivity index (χ4n) is 9.66. The molecule has 0 aromatic rings. The summed E-state index contributed by atoms with van der Waals surface area (Å²) in [6, 6.07) is 0. The molecule has 17 nitrogen and oxygen atoms in total. The van der Waals surface area contributed by atoms with Crippen molar-refractivity contribution in [2.24, 2.45) is 17.8 Å². The third kappa shape index (κ3) is 59.0. The van der Waals surface area contributed by atoms with Crippen molar-refractivity contribution in [3.05, 3.63) is 0 Å². The summed E-state index contributed by atoms with van der Waals surface area (Å²) in [5.74, 6) is -0.00427. The maximum Gasteiger partial charge on any atom is 0.472 e. The number of hydrogen-bond acceptors (Lipinski definition) is 15. The number of carbonyl (C=O) groups is 4. The van der Waals surface area contributed by atoms with E-state index in [9.17, 15) is 43.2 Å². The quantitative estimate of drug-likeness (QED) is 0.0222. The van der Waals surface area contributed by atoms with Crippen LogP contribution in [-0.2, 0) is 65.4 Å². The summed E-state index contributed by atoms with van der Waals surface area (Å²) in [5, 5.41) is 10.5. The van der Waals surface area contributed by atoms with E-state index in [1.54, 1.807) is 0 Å². The van der Waals surface area contributed by atoms with E-state index in [1.807, 2.05) is 0 Å². The first-order valence-corrected chi connectivity index (χ1v) is 36.8. The summed E-state index contributed by atoms with van der Waals surface area (Å²) in [6.45, 7) is 11.6. The van der Waals surface area contributed by atoms with Crippen LogP contribution in [0.15, 0.2) is 0 Å². The molecule has 0 rings (SSSR count). The summed E-state index contributed by atoms with van der Waals surface area (Å²) in [4.78, 5) is 72.2. The summed E-state index contributed by atoms with van der Waals surface area (Å²) in [6.07, 6.45) is 37.9. The van der Waals surface area contributed by atoms with Gasteiger partial charge in [-0.2, -0.15) is 0 Å². The Bertz CT molecular complexity index is 1660. The van der Waals surface area contributed by atoms with Crippen molar-refractivity contribution >= 4 is 39.5 Å². The minimum Gasteiger partial charge on any atom is -0.462 e. The molecular weight excluding hydrogens is 1110 g/mol. The van der Waals surface area contributed by atoms with Gasteiger partial charge in [-0.25, -0.2) is 9.13 Å². The van der Waals surface area contributed by atoms with Crippen molar-refractivity contribution in [2.45, 2.75) is 336 Å². The molecule has 0 aromatic carbocycles. The van der Waals surface area contributed by atoms with Crippen LogP contribution in [0.1, 0.15) is 318 Å². The van der Waals surface area contributed by atoms with Gasteiger partial charge in [0.15, 0.2) is 12.2 Å². The number of esters is 4. The number of unbranched alkanes of at least 4 members (excludes halogenated alkanes) is 31. The highest BCUT2D eigenvalue weighted by Crippen LogP contribution is 2.45. The van der Waals surface area contributed by atoms with Gasteiger partial charge in [-0.1, -0.05) is 267 Å². The molecule has 0 aromatic heterocycles. The summed E-state index contributed by atoms with van der Waals surface area (Å²) < 4.78 is 68.0. The second kappa shape index (κ2) is 56.3. The highest BCUT2D eigenvalue weighted by atomic mass is 31.2. The summed E-state index contributed by atoms with van der Waals surface area (Å²) in [5.41, 5.74) is 0. The Morgan fingerprint density at radius 1 is 0.321 bits per heavy atom. The predicted molar refractivity (Wildman–Crippen MR) is 335 cm³/mol. The smallest absolute Gasteiger partial charge is 0.462 e. The minimum atomic E-state index is -4.95. The van der Waals surface area contributed by atoms with Crippen LogP contribution in [0.2, 0.25) is 0 Å². The zero-order chi connectivity index (χ0) is 62.4. The molecule has 19 heteroatoms. The maximum absolute atomic E-state index is 13.0. The molecule has 0 aliphatic carbocycles. The molecule has 0 saturated heterocycles. The molecule has 5 atom stereocenters. The molecule has 0 radical (unpaired) electrons. The Morgan fingerprint density at radius 3 is 0.810 bits per heavy atom. The van der Waals surface area contributed by atoms with E-state index in [1.165, 1.54) is 122 Å². The van der Waals surface area contributed by atoms with Gasteiger partial charge in [-0.3, -0.25) is 37.3 Å². The monoisotopic (exact) mass is 1240 g/mol. The van der Waals surface area contributed by atoms with Crippen LogP contribution in [0.3, 0.4) is 0 Å². The number of aliphatic hydroxyl groups excluding tert-OH is 1. The predicted octanol–water partition coefficient (Wildman–Crippen LogP) is 17.9. The number of hydrogen-bond donors (Lipinski definition) is 3. The molecule has 0 amide bonds. The zero-order valence-corrected chi connectivity index (χ0v) is 56.1. The van der Waals surface area contributed by atoms with E-state index < -0.39 is 97.5 Å². The molecule has 498 valence electrons. The molecule has 0 heterocycles. The number of ether oxygens (including phenoxy) is 4. The first-order valence-electron chi connectivity index (χ1n) is 33.8. The van der Waals surface area contributed by atoms with Crippen LogP contribution in [0.4, 0.5) is 0 Å². The molecule has 0 bridgehead atoms. The van der Waals surface area contributed by atoms with E-state index >= 15 is 0 Å². The SMILES string of the molecule is CCCCCCCCCCCCC(=O)OC[C@H](COP(=O)(O)OC[C@@H](O)COP(=O)(O)OC[C@@H](COC(=O)CCCCCCCCC(C)C)OC(=O)CCCCCCCCC(C)C)OC(=O)CCCCCCCCCCCCCCCC(C)C. The Morgan fingerprint density at radius 2 is 0.548 bits per heavy atom. The lowest BCUT2D eigenvalue weighted by molar-refractivity contribution is -0.161. The first kappa shape index (κ1) is 82.1. The van der Waals surface area contributed by atoms with E-state index in [0.717, 1.165) is 102 Å². The fourth-order valence-corrected chi connectivity index (χ4v) is 11.2. The number of aliphatic hydroxyl groups is 1. The standard InChI is InChI=1S/C65H126O17P2/c1-8-9-10-11-12-13-20-23-32-39-46-62(67)75-52-60(81-64(69)48-41-34-24-21-18-16-14-15-17-19-22-29-36-43-56(2)3)54-79-83(71,72)77-50-59(66)51-78-84(73,74)80-55-61(82-65(70)49-42-35-28-26-31-38-45-58(6)7)53-76-63(68)47-40-33-27-25-30-37-44-57(4)5/h56-61,66H,8-55H2,1-7H3,(H,71,72)(H,73,74)/t59-,60-,61-/m1/s1. The second-order valence-corrected chi connectivity index (χ2v) is 27.8. The van der Waals surface area contributed by atoms with Crippen molar-refractivity contribution < 1.29 is 80.2 Å². The van der Waals surface area contributed by atoms with Gasteiger partial charge in [0.2, 0.25) is 0 Å². The van der Waals surface area contributed by atoms with Gasteiger partial charge >= 0.3 is 39.5 Å². The Hall–Kier alpha value is -1.94. The van der Waals surface area contributed by atoms with Crippen LogP contribution in [0, 0.1) is 17.8 Å². The van der Waals surface area contributed by atoms with Crippen LogP contribution in [-0.4, -0.2) is 96.7 Å². The second-order valence-electron chi connectivity index (χ2n) is 24.9. The topological polar surface area (TPSA) is 237 Å². The maximum atomic E-state index is 13.0. The van der Waals surface area contributed by atoms with Gasteiger partial charge < -0.3 is 33.8 Å². The largest absolute Gasteiger partial charge is 0.472 e.